The van der Waals surface area contributed by atoms with E-state index in [2.05, 4.69) is 50.2 Å². The molecule has 0 N–H and O–H groups in total. The Bertz CT molecular complexity index is 409. The zero-order valence-electron chi connectivity index (χ0n) is 11.7. The Labute approximate surface area is 110 Å². The zero-order chi connectivity index (χ0) is 13.2. The van der Waals surface area contributed by atoms with Gasteiger partial charge in [-0.25, -0.2) is 0 Å². The van der Waals surface area contributed by atoms with Gasteiger partial charge >= 0.3 is 0 Å². The third-order valence-corrected chi connectivity index (χ3v) is 4.05. The van der Waals surface area contributed by atoms with Gasteiger partial charge < -0.3 is 4.90 Å². The molecule has 1 aliphatic carbocycles. The first kappa shape index (κ1) is 13.3. The van der Waals surface area contributed by atoms with E-state index in [0.717, 1.165) is 32.2 Å². The molecule has 1 aromatic rings. The van der Waals surface area contributed by atoms with Gasteiger partial charge in [0.2, 0.25) is 0 Å². The maximum Gasteiger partial charge on any atom is 0.132 e. The van der Waals surface area contributed by atoms with Crippen LogP contribution in [0.2, 0.25) is 0 Å². The van der Waals surface area contributed by atoms with Crippen LogP contribution in [-0.2, 0) is 10.2 Å². The summed E-state index contributed by atoms with van der Waals surface area (Å²) in [5.41, 5.74) is 2.87. The minimum absolute atomic E-state index is 0.172. The number of hydrogen-bond acceptors (Lipinski definition) is 2. The van der Waals surface area contributed by atoms with E-state index in [1.807, 2.05) is 0 Å². The van der Waals surface area contributed by atoms with Crippen molar-refractivity contribution in [2.45, 2.75) is 38.0 Å². The molecule has 1 fully saturated rings. The first-order chi connectivity index (χ1) is 8.52. The van der Waals surface area contributed by atoms with Crippen LogP contribution in [0.3, 0.4) is 0 Å². The zero-order valence-corrected chi connectivity index (χ0v) is 11.7. The van der Waals surface area contributed by atoms with Gasteiger partial charge in [-0.1, -0.05) is 29.8 Å². The van der Waals surface area contributed by atoms with Gasteiger partial charge in [-0.3, -0.25) is 4.79 Å². The molecular weight excluding hydrogens is 222 g/mol. The van der Waals surface area contributed by atoms with Gasteiger partial charge in [0.05, 0.1) is 0 Å². The summed E-state index contributed by atoms with van der Waals surface area (Å²) in [6.45, 7) is 3.15. The molecule has 0 unspecified atom stereocenters. The number of rotatable bonds is 3. The Morgan fingerprint density at radius 1 is 1.11 bits per heavy atom. The van der Waals surface area contributed by atoms with E-state index in [-0.39, 0.29) is 5.41 Å². The lowest BCUT2D eigenvalue weighted by Gasteiger charge is -2.39. The summed E-state index contributed by atoms with van der Waals surface area (Å²) in [6.07, 6.45) is 3.46. The Morgan fingerprint density at radius 3 is 2.17 bits per heavy atom. The third-order valence-electron chi connectivity index (χ3n) is 4.05. The molecule has 0 radical (unpaired) electrons. The Hall–Kier alpha value is -1.15. The highest BCUT2D eigenvalue weighted by Crippen LogP contribution is 2.38. The van der Waals surface area contributed by atoms with Gasteiger partial charge in [0.1, 0.15) is 5.78 Å². The average molecular weight is 245 g/mol. The maximum atomic E-state index is 11.5. The second kappa shape index (κ2) is 5.23. The normalized spacial score (nSPS) is 19.2. The second-order valence-electron chi connectivity index (χ2n) is 5.92. The topological polar surface area (TPSA) is 20.3 Å². The van der Waals surface area contributed by atoms with Crippen molar-refractivity contribution in [2.75, 3.05) is 20.6 Å². The summed E-state index contributed by atoms with van der Waals surface area (Å²) in [5, 5.41) is 0. The maximum absolute atomic E-state index is 11.5. The number of ketones is 1. The fraction of sp³-hybridized carbons (Fsp3) is 0.562. The first-order valence-corrected chi connectivity index (χ1v) is 6.75. The van der Waals surface area contributed by atoms with Gasteiger partial charge in [-0.15, -0.1) is 0 Å². The highest BCUT2D eigenvalue weighted by molar-refractivity contribution is 5.79. The number of nitrogens with zero attached hydrogens (tertiary/aromatic N) is 1. The molecule has 2 nitrogen and oxygen atoms in total. The van der Waals surface area contributed by atoms with Crippen molar-refractivity contribution < 1.29 is 4.79 Å². The van der Waals surface area contributed by atoms with Crippen LogP contribution in [0.1, 0.15) is 36.8 Å². The summed E-state index contributed by atoms with van der Waals surface area (Å²) in [5.74, 6) is 0.427. The van der Waals surface area contributed by atoms with Crippen LogP contribution in [0.25, 0.3) is 0 Å². The summed E-state index contributed by atoms with van der Waals surface area (Å²) in [6, 6.07) is 8.86. The SMILES string of the molecule is Cc1ccc(C2(CN(C)C)CCC(=O)CC2)cc1. The predicted octanol–water partition coefficient (Wildman–Crippen LogP) is 2.94. The summed E-state index contributed by atoms with van der Waals surface area (Å²) in [4.78, 5) is 13.8. The van der Waals surface area contributed by atoms with Gasteiger partial charge in [-0.2, -0.15) is 0 Å². The molecule has 1 aliphatic rings. The number of Topliss-reactive ketones (excluding diaryl/α,β-unsaturated/α-hetero) is 1. The van der Waals surface area contributed by atoms with Gasteiger partial charge in [0.15, 0.2) is 0 Å². The first-order valence-electron chi connectivity index (χ1n) is 6.75. The molecule has 0 amide bonds. The lowest BCUT2D eigenvalue weighted by molar-refractivity contribution is -0.121. The van der Waals surface area contributed by atoms with Gasteiger partial charge in [0.25, 0.3) is 0 Å². The highest BCUT2D eigenvalue weighted by atomic mass is 16.1. The van der Waals surface area contributed by atoms with Crippen molar-refractivity contribution in [1.82, 2.24) is 4.90 Å². The number of carbonyl (C=O) groups excluding carboxylic acids is 1. The quantitative estimate of drug-likeness (QED) is 0.816. The molecule has 18 heavy (non-hydrogen) atoms. The molecule has 0 saturated heterocycles. The molecule has 0 spiro atoms. The van der Waals surface area contributed by atoms with Crippen LogP contribution in [0, 0.1) is 6.92 Å². The van der Waals surface area contributed by atoms with E-state index in [4.69, 9.17) is 0 Å². The molecule has 1 saturated carbocycles. The van der Waals surface area contributed by atoms with E-state index in [9.17, 15) is 4.79 Å². The molecule has 2 rings (SSSR count). The molecule has 0 aliphatic heterocycles. The standard InChI is InChI=1S/C16H23NO/c1-13-4-6-14(7-5-13)16(12-17(2)3)10-8-15(18)9-11-16/h4-7H,8-12H2,1-3H3. The van der Waals surface area contributed by atoms with Crippen molar-refractivity contribution >= 4 is 5.78 Å². The molecule has 0 atom stereocenters. The number of hydrogen-bond donors (Lipinski definition) is 0. The minimum Gasteiger partial charge on any atom is -0.309 e. The van der Waals surface area contributed by atoms with Crippen molar-refractivity contribution in [2.24, 2.45) is 0 Å². The summed E-state index contributed by atoms with van der Waals surface area (Å²) >= 11 is 0. The van der Waals surface area contributed by atoms with E-state index in [1.54, 1.807) is 0 Å². The largest absolute Gasteiger partial charge is 0.309 e. The van der Waals surface area contributed by atoms with Crippen molar-refractivity contribution in [1.29, 1.82) is 0 Å². The van der Waals surface area contributed by atoms with E-state index in [0.29, 0.717) is 5.78 Å². The molecule has 2 heteroatoms. The molecule has 0 heterocycles. The fourth-order valence-electron chi connectivity index (χ4n) is 3.06. The number of benzene rings is 1. The smallest absolute Gasteiger partial charge is 0.132 e. The second-order valence-corrected chi connectivity index (χ2v) is 5.92. The van der Waals surface area contributed by atoms with Crippen LogP contribution in [0.5, 0.6) is 0 Å². The van der Waals surface area contributed by atoms with Crippen molar-refractivity contribution in [3.05, 3.63) is 35.4 Å². The summed E-state index contributed by atoms with van der Waals surface area (Å²) < 4.78 is 0. The van der Waals surface area contributed by atoms with Crippen LogP contribution in [-0.4, -0.2) is 31.3 Å². The van der Waals surface area contributed by atoms with Crippen LogP contribution in [0.15, 0.2) is 24.3 Å². The van der Waals surface area contributed by atoms with Crippen molar-refractivity contribution in [3.63, 3.8) is 0 Å². The van der Waals surface area contributed by atoms with E-state index in [1.165, 1.54) is 11.1 Å². The van der Waals surface area contributed by atoms with Crippen LogP contribution >= 0.6 is 0 Å². The molecule has 98 valence electrons. The van der Waals surface area contributed by atoms with Crippen LogP contribution < -0.4 is 0 Å². The molecule has 1 aromatic carbocycles. The van der Waals surface area contributed by atoms with Gasteiger partial charge in [-0.05, 0) is 39.4 Å². The van der Waals surface area contributed by atoms with Gasteiger partial charge in [0, 0.05) is 24.8 Å². The Morgan fingerprint density at radius 2 is 1.67 bits per heavy atom. The lowest BCUT2D eigenvalue weighted by Crippen LogP contribution is -2.41. The van der Waals surface area contributed by atoms with E-state index >= 15 is 0 Å². The monoisotopic (exact) mass is 245 g/mol. The molecular formula is C16H23NO. The number of likely N-dealkylation sites (N-methyl/N-ethyl adjacent to an activating group) is 1. The Kier molecular flexibility index (Phi) is 3.86. The fourth-order valence-corrected chi connectivity index (χ4v) is 3.06. The average Bonchev–Trinajstić information content (AvgIpc) is 2.33. The van der Waals surface area contributed by atoms with Crippen LogP contribution in [0.4, 0.5) is 0 Å². The minimum atomic E-state index is 0.172. The summed E-state index contributed by atoms with van der Waals surface area (Å²) in [7, 11) is 4.23. The van der Waals surface area contributed by atoms with E-state index < -0.39 is 0 Å². The predicted molar refractivity (Wildman–Crippen MR) is 74.9 cm³/mol. The highest BCUT2D eigenvalue weighted by Gasteiger charge is 2.36. The Balaban J connectivity index is 2.29. The third kappa shape index (κ3) is 2.81. The molecule has 0 aromatic heterocycles. The number of carbonyl (C=O) groups is 1. The molecule has 0 bridgehead atoms. The van der Waals surface area contributed by atoms with Crippen molar-refractivity contribution in [3.8, 4) is 0 Å². The number of aryl methyl sites for hydroxylation is 1. The lowest BCUT2D eigenvalue weighted by atomic mass is 9.68.